The van der Waals surface area contributed by atoms with Crippen LogP contribution in [0.5, 0.6) is 5.75 Å². The molecule has 328 valence electrons. The van der Waals surface area contributed by atoms with Crippen LogP contribution >= 0.6 is 0 Å². The zero-order valence-corrected chi connectivity index (χ0v) is 36.5. The second-order valence-electron chi connectivity index (χ2n) is 16.9. The fourth-order valence-corrected chi connectivity index (χ4v) is 9.42. The van der Waals surface area contributed by atoms with E-state index in [-0.39, 0.29) is 41.9 Å². The smallest absolute Gasteiger partial charge is 0.407 e. The molecule has 16 nitrogen and oxygen atoms in total. The number of hydrogen-bond acceptors (Lipinski definition) is 10. The zero-order chi connectivity index (χ0) is 44.0. The Kier molecular flexibility index (Phi) is 11.9. The minimum Gasteiger partial charge on any atom is -0.488 e. The summed E-state index contributed by atoms with van der Waals surface area (Å²) in [7, 11) is 4.07. The van der Waals surface area contributed by atoms with Gasteiger partial charge in [0.2, 0.25) is 11.8 Å². The lowest BCUT2D eigenvalue weighted by Crippen LogP contribution is -2.55. The zero-order valence-electron chi connectivity index (χ0n) is 36.5. The number of aromatic nitrogens is 4. The van der Waals surface area contributed by atoms with Crippen LogP contribution in [-0.2, 0) is 30.4 Å². The van der Waals surface area contributed by atoms with E-state index in [0.717, 1.165) is 81.2 Å². The van der Waals surface area contributed by atoms with Gasteiger partial charge in [0.25, 0.3) is 0 Å². The average molecular weight is 849 g/mol. The van der Waals surface area contributed by atoms with Crippen LogP contribution in [0.4, 0.5) is 9.59 Å². The number of aromatic amines is 2. The molecule has 16 heteroatoms. The van der Waals surface area contributed by atoms with E-state index in [1.165, 1.54) is 21.3 Å². The van der Waals surface area contributed by atoms with Crippen LogP contribution < -0.4 is 15.4 Å². The molecule has 4 amide bonds. The standard InChI is InChI=1S/C46H56N8O8/c1-9-23(2)38(51-45(57)60-7)43(55)53-24(3)10-16-35(53)41-47-21-34(49-41)28-12-14-30-29(18-28)22-62-37-20-31-27(19-32(30)37)13-15-33-40(31)50-42(48-33)36-17-11-25(4)54(36)44(56)39(26(5)59-6)52-46(58)61-8/h12-15,18-21,23-26,35-36,38-39H,9-11,16-17,22H2,1-8H3,(H,47,49)(H,48,50)(H,51,57)(H,52,58)/t23-,24-,25-,26+,35-,36-,38-,39?/m0/s1. The number of nitrogens with one attached hydrogen (secondary N) is 4. The number of alkyl carbamates (subject to hydrolysis) is 2. The fraction of sp³-hybridized carbons (Fsp3) is 0.478. The molecule has 3 aliphatic heterocycles. The predicted octanol–water partition coefficient (Wildman–Crippen LogP) is 7.30. The lowest BCUT2D eigenvalue weighted by molar-refractivity contribution is -0.139. The van der Waals surface area contributed by atoms with Gasteiger partial charge in [-0.15, -0.1) is 0 Å². The molecule has 1 unspecified atom stereocenters. The summed E-state index contributed by atoms with van der Waals surface area (Å²) in [5.74, 6) is 1.67. The van der Waals surface area contributed by atoms with E-state index in [0.29, 0.717) is 24.7 Å². The molecule has 0 saturated carbocycles. The molecule has 8 rings (SSSR count). The largest absolute Gasteiger partial charge is 0.488 e. The van der Waals surface area contributed by atoms with E-state index in [1.54, 1.807) is 11.8 Å². The van der Waals surface area contributed by atoms with E-state index in [1.807, 2.05) is 44.9 Å². The topological polar surface area (TPSA) is 193 Å². The fourth-order valence-electron chi connectivity index (χ4n) is 9.42. The van der Waals surface area contributed by atoms with Crippen molar-refractivity contribution in [3.63, 3.8) is 0 Å². The number of rotatable bonds is 11. The number of H-pyrrole nitrogens is 2. The first kappa shape index (κ1) is 42.5. The van der Waals surface area contributed by atoms with Crippen LogP contribution in [0.2, 0.25) is 0 Å². The van der Waals surface area contributed by atoms with Crippen molar-refractivity contribution in [3.05, 3.63) is 65.9 Å². The van der Waals surface area contributed by atoms with Gasteiger partial charge in [0.05, 0.1) is 55.3 Å². The number of fused-ring (bicyclic) bond motifs is 6. The molecule has 4 N–H and O–H groups in total. The van der Waals surface area contributed by atoms with Crippen molar-refractivity contribution < 1.29 is 38.1 Å². The van der Waals surface area contributed by atoms with Gasteiger partial charge in [-0.05, 0) is 98.7 Å². The lowest BCUT2D eigenvalue weighted by Gasteiger charge is -2.33. The van der Waals surface area contributed by atoms with Gasteiger partial charge < -0.3 is 49.3 Å². The maximum atomic E-state index is 14.1. The summed E-state index contributed by atoms with van der Waals surface area (Å²) in [6, 6.07) is 12.3. The van der Waals surface area contributed by atoms with Crippen molar-refractivity contribution in [2.75, 3.05) is 21.3 Å². The Bertz CT molecular complexity index is 2520. The lowest BCUT2D eigenvalue weighted by atomic mass is 9.92. The molecule has 3 aliphatic rings. The maximum Gasteiger partial charge on any atom is 0.407 e. The Hall–Kier alpha value is -6.16. The Morgan fingerprint density at radius 1 is 0.823 bits per heavy atom. The summed E-state index contributed by atoms with van der Waals surface area (Å²) in [6.07, 6.45) is 3.68. The Morgan fingerprint density at radius 2 is 1.48 bits per heavy atom. The Labute approximate surface area is 360 Å². The van der Waals surface area contributed by atoms with Gasteiger partial charge in [0, 0.05) is 30.1 Å². The number of carbonyl (C=O) groups is 4. The minimum atomic E-state index is -0.934. The first-order valence-corrected chi connectivity index (χ1v) is 21.5. The van der Waals surface area contributed by atoms with Crippen LogP contribution in [0.1, 0.15) is 96.0 Å². The Balaban J connectivity index is 1.04. The molecule has 2 saturated heterocycles. The number of imidazole rings is 2. The second-order valence-corrected chi connectivity index (χ2v) is 16.9. The summed E-state index contributed by atoms with van der Waals surface area (Å²) >= 11 is 0. The third-order valence-electron chi connectivity index (χ3n) is 13.3. The maximum absolute atomic E-state index is 14.1. The molecule has 2 fully saturated rings. The number of nitrogens with zero attached hydrogens (tertiary/aromatic N) is 4. The number of amides is 4. The highest BCUT2D eigenvalue weighted by atomic mass is 16.5. The molecular formula is C46H56N8O8. The van der Waals surface area contributed by atoms with Crippen molar-refractivity contribution in [2.45, 2.75) is 116 Å². The van der Waals surface area contributed by atoms with Gasteiger partial charge in [-0.3, -0.25) is 9.59 Å². The predicted molar refractivity (Wildman–Crippen MR) is 232 cm³/mol. The van der Waals surface area contributed by atoms with Gasteiger partial charge >= 0.3 is 12.2 Å². The molecule has 0 aliphatic carbocycles. The Morgan fingerprint density at radius 3 is 2.15 bits per heavy atom. The number of ether oxygens (including phenoxy) is 4. The number of likely N-dealkylation sites (tertiary alicyclic amines) is 2. The van der Waals surface area contributed by atoms with Crippen LogP contribution in [0.25, 0.3) is 44.2 Å². The van der Waals surface area contributed by atoms with E-state index >= 15 is 0 Å². The molecule has 8 atom stereocenters. The van der Waals surface area contributed by atoms with Gasteiger partial charge in [-0.1, -0.05) is 38.5 Å². The summed E-state index contributed by atoms with van der Waals surface area (Å²) in [5, 5.41) is 7.37. The summed E-state index contributed by atoms with van der Waals surface area (Å²) in [6.45, 7) is 10.1. The highest BCUT2D eigenvalue weighted by Crippen LogP contribution is 2.44. The van der Waals surface area contributed by atoms with Crippen LogP contribution in [-0.4, -0.2) is 105 Å². The van der Waals surface area contributed by atoms with Gasteiger partial charge in [-0.25, -0.2) is 19.6 Å². The molecule has 0 radical (unpaired) electrons. The normalized spacial score (nSPS) is 21.4. The molecule has 3 aromatic carbocycles. The first-order valence-electron chi connectivity index (χ1n) is 21.5. The van der Waals surface area contributed by atoms with Crippen molar-refractivity contribution in [3.8, 4) is 28.1 Å². The monoisotopic (exact) mass is 848 g/mol. The second kappa shape index (κ2) is 17.3. The summed E-state index contributed by atoms with van der Waals surface area (Å²) < 4.78 is 21.6. The van der Waals surface area contributed by atoms with E-state index in [9.17, 15) is 19.2 Å². The van der Waals surface area contributed by atoms with E-state index < -0.39 is 30.4 Å². The summed E-state index contributed by atoms with van der Waals surface area (Å²) in [4.78, 5) is 73.1. The van der Waals surface area contributed by atoms with Gasteiger partial charge in [-0.2, -0.15) is 0 Å². The number of hydrogen-bond donors (Lipinski definition) is 4. The van der Waals surface area contributed by atoms with E-state index in [4.69, 9.17) is 28.9 Å². The van der Waals surface area contributed by atoms with Crippen molar-refractivity contribution in [1.29, 1.82) is 0 Å². The third-order valence-corrected chi connectivity index (χ3v) is 13.3. The van der Waals surface area contributed by atoms with Gasteiger partial charge in [0.1, 0.15) is 36.1 Å². The van der Waals surface area contributed by atoms with Crippen molar-refractivity contribution >= 4 is 45.8 Å². The molecule has 0 bridgehead atoms. The molecule has 5 heterocycles. The molecular weight excluding hydrogens is 793 g/mol. The number of methoxy groups -OCH3 is 3. The number of carbonyl (C=O) groups excluding carboxylic acids is 4. The quantitative estimate of drug-likeness (QED) is 0.105. The average Bonchev–Trinajstić information content (AvgIpc) is 4.11. The third kappa shape index (κ3) is 7.69. The van der Waals surface area contributed by atoms with Crippen molar-refractivity contribution in [2.24, 2.45) is 5.92 Å². The van der Waals surface area contributed by atoms with E-state index in [2.05, 4.69) is 57.0 Å². The minimum absolute atomic E-state index is 0.0195. The molecule has 62 heavy (non-hydrogen) atoms. The van der Waals surface area contributed by atoms with Crippen LogP contribution in [0.15, 0.2) is 48.7 Å². The molecule has 0 spiro atoms. The number of benzene rings is 3. The van der Waals surface area contributed by atoms with Crippen LogP contribution in [0.3, 0.4) is 0 Å². The SMILES string of the molecule is CC[C@H](C)[C@H](NC(=O)OC)C(=O)N1[C@@H](C)CC[C@H]1c1ncc(-c2ccc3c(c2)COc2cc4c(ccc5[nH]c([C@@H]6CC[C@H](C)N6C(=O)C(NC(=O)OC)[C@@H](C)OC)nc54)cc2-3)[nH]1. The van der Waals surface area contributed by atoms with Gasteiger partial charge in [0.15, 0.2) is 0 Å². The van der Waals surface area contributed by atoms with Crippen molar-refractivity contribution in [1.82, 2.24) is 40.4 Å². The highest BCUT2D eigenvalue weighted by Gasteiger charge is 2.43. The molecule has 5 aromatic rings. The first-order chi connectivity index (χ1) is 29.8. The summed E-state index contributed by atoms with van der Waals surface area (Å²) in [5.41, 5.74) is 6.51. The molecule has 2 aromatic heterocycles. The van der Waals surface area contributed by atoms with Crippen LogP contribution in [0, 0.1) is 5.92 Å². The highest BCUT2D eigenvalue weighted by molar-refractivity contribution is 6.07.